The van der Waals surface area contributed by atoms with Gasteiger partial charge in [-0.3, -0.25) is 9.59 Å². The molecule has 5 N–H and O–H groups in total. The van der Waals surface area contributed by atoms with Crippen molar-refractivity contribution in [3.8, 4) is 0 Å². The first-order valence-corrected chi connectivity index (χ1v) is 11.2. The lowest BCUT2D eigenvalue weighted by Crippen LogP contribution is -2.37. The van der Waals surface area contributed by atoms with Crippen molar-refractivity contribution in [1.29, 1.82) is 0 Å². The Morgan fingerprint density at radius 1 is 1.41 bits per heavy atom. The maximum Gasteiger partial charge on any atom is 0.241 e. The number of thiophene rings is 1. The van der Waals surface area contributed by atoms with Gasteiger partial charge in [-0.1, -0.05) is 18.2 Å². The van der Waals surface area contributed by atoms with E-state index in [1.54, 1.807) is 29.6 Å². The van der Waals surface area contributed by atoms with Crippen LogP contribution in [-0.4, -0.2) is 45.8 Å². The van der Waals surface area contributed by atoms with Crippen molar-refractivity contribution in [2.75, 3.05) is 0 Å². The monoisotopic (exact) mass is 484 g/mol. The van der Waals surface area contributed by atoms with E-state index in [2.05, 4.69) is 15.9 Å². The molecule has 1 aliphatic rings. The van der Waals surface area contributed by atoms with Gasteiger partial charge in [0.1, 0.15) is 0 Å². The van der Waals surface area contributed by atoms with Crippen molar-refractivity contribution in [3.63, 3.8) is 0 Å². The Balaban J connectivity index is 2.08. The first kappa shape index (κ1) is 24.0. The van der Waals surface area contributed by atoms with E-state index in [0.717, 1.165) is 8.66 Å². The fourth-order valence-corrected chi connectivity index (χ4v) is 5.34. The summed E-state index contributed by atoms with van der Waals surface area (Å²) in [5, 5.41) is 31.1. The van der Waals surface area contributed by atoms with Gasteiger partial charge in [-0.25, -0.2) is 0 Å². The summed E-state index contributed by atoms with van der Waals surface area (Å²) in [5.74, 6) is -1.24. The van der Waals surface area contributed by atoms with E-state index in [0.29, 0.717) is 25.7 Å². The molecule has 0 spiro atoms. The van der Waals surface area contributed by atoms with Gasteiger partial charge in [-0.05, 0) is 66.2 Å². The van der Waals surface area contributed by atoms with Crippen LogP contribution in [0.1, 0.15) is 37.0 Å². The smallest absolute Gasteiger partial charge is 0.241 e. The summed E-state index contributed by atoms with van der Waals surface area (Å²) < 4.78 is 1.04. The van der Waals surface area contributed by atoms with Gasteiger partial charge in [0.15, 0.2) is 0 Å². The summed E-state index contributed by atoms with van der Waals surface area (Å²) in [6.45, 7) is 0. The van der Waals surface area contributed by atoms with Gasteiger partial charge in [-0.15, -0.1) is 11.3 Å². The summed E-state index contributed by atoms with van der Waals surface area (Å²) >= 11 is 5.03. The number of allylic oxidation sites excluding steroid dienone is 1. The van der Waals surface area contributed by atoms with Gasteiger partial charge in [-0.2, -0.15) is 0 Å². The third kappa shape index (κ3) is 6.86. The molecule has 1 radical (unpaired) electrons. The highest BCUT2D eigenvalue weighted by molar-refractivity contribution is 9.11. The van der Waals surface area contributed by atoms with Crippen LogP contribution < -0.4 is 5.73 Å². The lowest BCUT2D eigenvalue weighted by Gasteiger charge is -2.34. The van der Waals surface area contributed by atoms with Crippen molar-refractivity contribution in [2.24, 2.45) is 17.1 Å². The molecule has 29 heavy (non-hydrogen) atoms. The van der Waals surface area contributed by atoms with E-state index in [4.69, 9.17) is 5.73 Å². The molecule has 1 fully saturated rings. The third-order valence-electron chi connectivity index (χ3n) is 5.34. The van der Waals surface area contributed by atoms with Gasteiger partial charge in [0, 0.05) is 22.6 Å². The zero-order valence-corrected chi connectivity index (χ0v) is 18.4. The Morgan fingerprint density at radius 2 is 2.17 bits per heavy atom. The number of hydrogen-bond acceptors (Lipinski definition) is 6. The molecule has 8 heteroatoms. The second kappa shape index (κ2) is 11.2. The van der Waals surface area contributed by atoms with Gasteiger partial charge in [0.25, 0.3) is 0 Å². The van der Waals surface area contributed by atoms with E-state index in [9.17, 15) is 24.9 Å². The quantitative estimate of drug-likeness (QED) is 0.283. The Bertz CT molecular complexity index is 749. The Hall–Kier alpha value is -1.32. The van der Waals surface area contributed by atoms with Gasteiger partial charge in [0.2, 0.25) is 12.2 Å². The number of amides is 1. The number of aliphatic hydroxyl groups excluding tert-OH is 3. The number of hydrogen-bond donors (Lipinski definition) is 4. The molecule has 1 aromatic heterocycles. The van der Waals surface area contributed by atoms with Crippen molar-refractivity contribution >= 4 is 39.5 Å². The highest BCUT2D eigenvalue weighted by atomic mass is 79.9. The van der Waals surface area contributed by atoms with Crippen LogP contribution in [0.4, 0.5) is 0 Å². The highest BCUT2D eigenvalue weighted by Gasteiger charge is 2.49. The highest BCUT2D eigenvalue weighted by Crippen LogP contribution is 2.47. The maximum absolute atomic E-state index is 11.7. The van der Waals surface area contributed by atoms with E-state index in [1.165, 1.54) is 6.08 Å². The molecule has 1 heterocycles. The van der Waals surface area contributed by atoms with E-state index in [1.807, 2.05) is 18.4 Å². The van der Waals surface area contributed by atoms with Crippen molar-refractivity contribution in [2.45, 2.75) is 56.8 Å². The van der Waals surface area contributed by atoms with E-state index >= 15 is 0 Å². The van der Waals surface area contributed by atoms with Crippen molar-refractivity contribution < 1.29 is 24.9 Å². The van der Waals surface area contributed by atoms with Crippen LogP contribution in [0.25, 0.3) is 0 Å². The third-order valence-corrected chi connectivity index (χ3v) is 7.03. The van der Waals surface area contributed by atoms with Crippen LogP contribution in [-0.2, 0) is 16.0 Å². The molecule has 1 unspecified atom stereocenters. The summed E-state index contributed by atoms with van der Waals surface area (Å²) in [6, 6.07) is 3.96. The minimum Gasteiger partial charge on any atom is -0.393 e. The van der Waals surface area contributed by atoms with Crippen molar-refractivity contribution in [1.82, 2.24) is 0 Å². The molecule has 1 aliphatic carbocycles. The average Bonchev–Trinajstić information content (AvgIpc) is 3.20. The Labute approximate surface area is 183 Å². The molecule has 5 atom stereocenters. The number of aryl methyl sites for hydroxylation is 1. The molecular formula is C21H27BrNO5S. The molecule has 6 nitrogen and oxygen atoms in total. The van der Waals surface area contributed by atoms with Crippen LogP contribution in [0.2, 0.25) is 0 Å². The summed E-state index contributed by atoms with van der Waals surface area (Å²) in [4.78, 5) is 23.7. The zero-order chi connectivity index (χ0) is 21.4. The normalized spacial score (nSPS) is 26.9. The lowest BCUT2D eigenvalue weighted by molar-refractivity contribution is -0.113. The summed E-state index contributed by atoms with van der Waals surface area (Å²) in [7, 11) is 0. The molecule has 2 rings (SSSR count). The summed E-state index contributed by atoms with van der Waals surface area (Å²) in [5.41, 5.74) is 4.07. The molecule has 1 aromatic rings. The number of carbonyl (C=O) groups is 1. The standard InChI is InChI=1S/C21H27BrNO5S/c22-19-8-7-17(29-19)6-5-15(25)9-10-21(12-16(26)11-18(21)27)14(13-24)3-1-2-4-20(23)28/h2,4,7-10,14-16,18,25-27H,1,3,5-6,11-12H2,(H2,23,28)/b4-2-,10-9+/t14-,15?,16-,18-,21-/m0/s1. The van der Waals surface area contributed by atoms with E-state index in [-0.39, 0.29) is 12.8 Å². The van der Waals surface area contributed by atoms with Crippen molar-refractivity contribution in [3.05, 3.63) is 45.1 Å². The first-order valence-electron chi connectivity index (χ1n) is 9.58. The van der Waals surface area contributed by atoms with Gasteiger partial charge < -0.3 is 21.1 Å². The first-order chi connectivity index (χ1) is 13.8. The van der Waals surface area contributed by atoms with Crippen LogP contribution >= 0.6 is 27.3 Å². The fourth-order valence-electron chi connectivity index (χ4n) is 3.84. The van der Waals surface area contributed by atoms with Crippen LogP contribution in [0.5, 0.6) is 0 Å². The fraction of sp³-hybridized carbons (Fsp3) is 0.524. The molecule has 0 aliphatic heterocycles. The molecule has 0 saturated heterocycles. The maximum atomic E-state index is 11.7. The predicted molar refractivity (Wildman–Crippen MR) is 116 cm³/mol. The second-order valence-corrected chi connectivity index (χ2v) is 9.99. The SMILES string of the molecule is NC(=O)/C=C\CC[C@@H]([C]=O)[C@]1(/C=C/C(O)CCc2ccc(Br)s2)C[C@@H](O)C[C@@H]1O. The largest absolute Gasteiger partial charge is 0.393 e. The van der Waals surface area contributed by atoms with Crippen LogP contribution in [0, 0.1) is 11.3 Å². The molecule has 0 aromatic carbocycles. The van der Waals surface area contributed by atoms with Crippen LogP contribution in [0.3, 0.4) is 0 Å². The topological polar surface area (TPSA) is 121 Å². The molecule has 1 amide bonds. The lowest BCUT2D eigenvalue weighted by atomic mass is 9.70. The minimum atomic E-state index is -0.991. The number of aliphatic hydroxyl groups is 3. The average molecular weight is 485 g/mol. The number of nitrogens with two attached hydrogens (primary N) is 1. The number of halogens is 1. The number of primary amides is 1. The number of carbonyl (C=O) groups excluding carboxylic acids is 2. The molecule has 1 saturated carbocycles. The van der Waals surface area contributed by atoms with Gasteiger partial charge >= 0.3 is 0 Å². The van der Waals surface area contributed by atoms with Crippen LogP contribution in [0.15, 0.2) is 40.2 Å². The van der Waals surface area contributed by atoms with Gasteiger partial charge in [0.05, 0.1) is 22.1 Å². The molecule has 159 valence electrons. The summed E-state index contributed by atoms with van der Waals surface area (Å²) in [6.07, 6.45) is 8.08. The Morgan fingerprint density at radius 3 is 2.72 bits per heavy atom. The zero-order valence-electron chi connectivity index (χ0n) is 16.0. The predicted octanol–water partition coefficient (Wildman–Crippen LogP) is 2.41. The molecule has 0 bridgehead atoms. The second-order valence-electron chi connectivity index (χ2n) is 7.45. The minimum absolute atomic E-state index is 0.166. The molecular weight excluding hydrogens is 458 g/mol. The number of rotatable bonds is 11. The van der Waals surface area contributed by atoms with E-state index < -0.39 is 35.6 Å². The Kier molecular flexibility index (Phi) is 9.23.